The van der Waals surface area contributed by atoms with Crippen molar-refractivity contribution in [2.75, 3.05) is 28.4 Å². The molecule has 0 saturated heterocycles. The number of rotatable bonds is 6. The fourth-order valence-electron chi connectivity index (χ4n) is 3.34. The molecule has 0 amide bonds. The predicted molar refractivity (Wildman–Crippen MR) is 110 cm³/mol. The van der Waals surface area contributed by atoms with Crippen molar-refractivity contribution in [3.05, 3.63) is 42.9 Å². The van der Waals surface area contributed by atoms with Gasteiger partial charge in [-0.1, -0.05) is 6.07 Å². The number of fused-ring (bicyclic) bond motifs is 1. The van der Waals surface area contributed by atoms with E-state index in [2.05, 4.69) is 15.1 Å². The molecule has 0 radical (unpaired) electrons. The zero-order valence-electron chi connectivity index (χ0n) is 16.9. The molecule has 4 aromatic rings. The normalized spacial score (nSPS) is 10.8. The molecule has 2 aromatic heterocycles. The van der Waals surface area contributed by atoms with Crippen molar-refractivity contribution in [3.8, 4) is 51.1 Å². The smallest absolute Gasteiger partial charge is 0.252 e. The maximum absolute atomic E-state index is 10.3. The van der Waals surface area contributed by atoms with Crippen LogP contribution in [0.5, 0.6) is 28.7 Å². The van der Waals surface area contributed by atoms with E-state index in [0.29, 0.717) is 34.5 Å². The summed E-state index contributed by atoms with van der Waals surface area (Å²) in [5.74, 6) is 2.31. The maximum Gasteiger partial charge on any atom is 0.252 e. The van der Waals surface area contributed by atoms with Crippen LogP contribution in [-0.4, -0.2) is 53.1 Å². The second-order valence-corrected chi connectivity index (χ2v) is 6.29. The molecular formula is C21H20N4O5. The predicted octanol–water partition coefficient (Wildman–Crippen LogP) is 3.20. The van der Waals surface area contributed by atoms with Gasteiger partial charge in [-0.3, -0.25) is 0 Å². The molecule has 9 nitrogen and oxygen atoms in total. The Morgan fingerprint density at radius 2 is 1.50 bits per heavy atom. The first-order valence-electron chi connectivity index (χ1n) is 8.97. The van der Waals surface area contributed by atoms with Gasteiger partial charge in [0.05, 0.1) is 34.1 Å². The number of ether oxygens (including phenoxy) is 4. The van der Waals surface area contributed by atoms with E-state index in [0.717, 1.165) is 16.7 Å². The molecule has 154 valence electrons. The number of hydrogen-bond donors (Lipinski definition) is 1. The van der Waals surface area contributed by atoms with Crippen LogP contribution >= 0.6 is 0 Å². The Balaban J connectivity index is 2.02. The van der Waals surface area contributed by atoms with Gasteiger partial charge in [0.2, 0.25) is 5.75 Å². The summed E-state index contributed by atoms with van der Waals surface area (Å²) in [7, 11) is 6.16. The second-order valence-electron chi connectivity index (χ2n) is 6.29. The number of aromatic nitrogens is 4. The first-order chi connectivity index (χ1) is 14.6. The summed E-state index contributed by atoms with van der Waals surface area (Å²) < 4.78 is 23.2. The largest absolute Gasteiger partial charge is 0.504 e. The SMILES string of the molecule is COc1ccc(-c2cnc3ncnn3c2-c2cc(OC)c(OC)c(OC)c2)cc1O. The van der Waals surface area contributed by atoms with Crippen LogP contribution in [0.1, 0.15) is 0 Å². The molecule has 0 fully saturated rings. The molecule has 2 heterocycles. The number of aromatic hydroxyl groups is 1. The molecule has 0 saturated carbocycles. The summed E-state index contributed by atoms with van der Waals surface area (Å²) >= 11 is 0. The van der Waals surface area contributed by atoms with Crippen molar-refractivity contribution in [2.24, 2.45) is 0 Å². The van der Waals surface area contributed by atoms with Crippen LogP contribution in [0, 0.1) is 0 Å². The number of nitrogens with zero attached hydrogens (tertiary/aromatic N) is 4. The molecule has 30 heavy (non-hydrogen) atoms. The van der Waals surface area contributed by atoms with Crippen molar-refractivity contribution >= 4 is 5.78 Å². The highest BCUT2D eigenvalue weighted by Gasteiger charge is 2.20. The van der Waals surface area contributed by atoms with E-state index < -0.39 is 0 Å². The lowest BCUT2D eigenvalue weighted by Gasteiger charge is -2.17. The summed E-state index contributed by atoms with van der Waals surface area (Å²) in [4.78, 5) is 8.57. The van der Waals surface area contributed by atoms with Gasteiger partial charge < -0.3 is 24.1 Å². The lowest BCUT2D eigenvalue weighted by molar-refractivity contribution is 0.324. The standard InChI is InChI=1S/C21H20N4O5/c1-27-16-6-5-12(7-15(16)26)14-10-22-21-23-11-24-25(21)19(14)13-8-17(28-2)20(30-4)18(9-13)29-3/h5-11,26H,1-4H3. The van der Waals surface area contributed by atoms with Gasteiger partial charge in [-0.2, -0.15) is 14.6 Å². The summed E-state index contributed by atoms with van der Waals surface area (Å²) in [5, 5.41) is 14.6. The highest BCUT2D eigenvalue weighted by molar-refractivity contribution is 5.84. The number of methoxy groups -OCH3 is 4. The topological polar surface area (TPSA) is 100 Å². The third kappa shape index (κ3) is 3.10. The van der Waals surface area contributed by atoms with Crippen LogP contribution < -0.4 is 18.9 Å². The zero-order valence-corrected chi connectivity index (χ0v) is 16.9. The van der Waals surface area contributed by atoms with Crippen molar-refractivity contribution in [3.63, 3.8) is 0 Å². The molecule has 2 aromatic carbocycles. The Bertz CT molecular complexity index is 1200. The van der Waals surface area contributed by atoms with E-state index in [-0.39, 0.29) is 5.75 Å². The molecule has 0 bridgehead atoms. The average molecular weight is 408 g/mol. The van der Waals surface area contributed by atoms with Gasteiger partial charge in [0.25, 0.3) is 5.78 Å². The molecule has 0 aliphatic rings. The van der Waals surface area contributed by atoms with Gasteiger partial charge in [-0.05, 0) is 29.8 Å². The van der Waals surface area contributed by atoms with Crippen LogP contribution in [-0.2, 0) is 0 Å². The Morgan fingerprint density at radius 3 is 2.10 bits per heavy atom. The van der Waals surface area contributed by atoms with Crippen molar-refractivity contribution in [2.45, 2.75) is 0 Å². The summed E-state index contributed by atoms with van der Waals surface area (Å²) in [5.41, 5.74) is 2.89. The Hall–Kier alpha value is -4.01. The molecular weight excluding hydrogens is 388 g/mol. The maximum atomic E-state index is 10.3. The summed E-state index contributed by atoms with van der Waals surface area (Å²) in [6.07, 6.45) is 3.11. The molecule has 0 unspecified atom stereocenters. The Morgan fingerprint density at radius 1 is 0.800 bits per heavy atom. The summed E-state index contributed by atoms with van der Waals surface area (Å²) in [6.45, 7) is 0. The molecule has 9 heteroatoms. The third-order valence-corrected chi connectivity index (χ3v) is 4.73. The fraction of sp³-hybridized carbons (Fsp3) is 0.190. The lowest BCUT2D eigenvalue weighted by Crippen LogP contribution is -2.02. The molecule has 4 rings (SSSR count). The highest BCUT2D eigenvalue weighted by Crippen LogP contribution is 2.43. The van der Waals surface area contributed by atoms with Crippen LogP contribution in [0.2, 0.25) is 0 Å². The highest BCUT2D eigenvalue weighted by atomic mass is 16.5. The van der Waals surface area contributed by atoms with Gasteiger partial charge in [-0.15, -0.1) is 0 Å². The molecule has 0 spiro atoms. The first kappa shape index (κ1) is 19.3. The zero-order chi connectivity index (χ0) is 21.3. The average Bonchev–Trinajstić information content (AvgIpc) is 3.26. The van der Waals surface area contributed by atoms with Gasteiger partial charge in [0, 0.05) is 17.3 Å². The second kappa shape index (κ2) is 7.78. The summed E-state index contributed by atoms with van der Waals surface area (Å²) in [6, 6.07) is 8.78. The third-order valence-electron chi connectivity index (χ3n) is 4.73. The monoisotopic (exact) mass is 408 g/mol. The van der Waals surface area contributed by atoms with Crippen LogP contribution in [0.3, 0.4) is 0 Å². The van der Waals surface area contributed by atoms with Crippen molar-refractivity contribution in [1.29, 1.82) is 0 Å². The molecule has 0 aliphatic carbocycles. The van der Waals surface area contributed by atoms with Gasteiger partial charge in [-0.25, -0.2) is 4.98 Å². The van der Waals surface area contributed by atoms with E-state index in [9.17, 15) is 5.11 Å². The van der Waals surface area contributed by atoms with E-state index in [1.807, 2.05) is 18.2 Å². The van der Waals surface area contributed by atoms with E-state index >= 15 is 0 Å². The molecule has 0 aliphatic heterocycles. The Labute approximate surface area is 172 Å². The van der Waals surface area contributed by atoms with Crippen LogP contribution in [0.25, 0.3) is 28.2 Å². The van der Waals surface area contributed by atoms with E-state index in [4.69, 9.17) is 18.9 Å². The molecule has 0 atom stereocenters. The van der Waals surface area contributed by atoms with Crippen molar-refractivity contribution < 1.29 is 24.1 Å². The van der Waals surface area contributed by atoms with E-state index in [1.165, 1.54) is 13.4 Å². The minimum Gasteiger partial charge on any atom is -0.504 e. The lowest BCUT2D eigenvalue weighted by atomic mass is 9.99. The minimum atomic E-state index is 0.0181. The first-order valence-corrected chi connectivity index (χ1v) is 8.97. The van der Waals surface area contributed by atoms with E-state index in [1.54, 1.807) is 44.2 Å². The van der Waals surface area contributed by atoms with Crippen LogP contribution in [0.4, 0.5) is 0 Å². The Kier molecular flexibility index (Phi) is 5.01. The van der Waals surface area contributed by atoms with Crippen molar-refractivity contribution in [1.82, 2.24) is 19.6 Å². The molecule has 1 N–H and O–H groups in total. The van der Waals surface area contributed by atoms with Crippen LogP contribution in [0.15, 0.2) is 42.9 Å². The van der Waals surface area contributed by atoms with Gasteiger partial charge in [0.15, 0.2) is 23.0 Å². The quantitative estimate of drug-likeness (QED) is 0.519. The number of benzene rings is 2. The number of hydrogen-bond acceptors (Lipinski definition) is 8. The fourth-order valence-corrected chi connectivity index (χ4v) is 3.34. The number of phenols is 1. The van der Waals surface area contributed by atoms with Gasteiger partial charge >= 0.3 is 0 Å². The minimum absolute atomic E-state index is 0.0181. The number of phenolic OH excluding ortho intramolecular Hbond substituents is 1. The van der Waals surface area contributed by atoms with Gasteiger partial charge in [0.1, 0.15) is 6.33 Å².